The number of fused-ring (bicyclic) bond motifs is 1. The second kappa shape index (κ2) is 13.2. The van der Waals surface area contributed by atoms with E-state index in [9.17, 15) is 14.4 Å². The lowest BCUT2D eigenvalue weighted by molar-refractivity contribution is -0.117. The molecule has 0 aliphatic carbocycles. The smallest absolute Gasteiger partial charge is 0.407 e. The number of rotatable bonds is 7. The lowest BCUT2D eigenvalue weighted by atomic mass is 10.2. The molecular weight excluding hydrogens is 473 g/mol. The van der Waals surface area contributed by atoms with E-state index < -0.39 is 18.0 Å². The van der Waals surface area contributed by atoms with Crippen LogP contribution in [0.1, 0.15) is 13.8 Å². The molecule has 2 amide bonds. The second-order valence-electron chi connectivity index (χ2n) is 7.77. The van der Waals surface area contributed by atoms with Crippen LogP contribution in [0.15, 0.2) is 23.0 Å². The van der Waals surface area contributed by atoms with Crippen LogP contribution in [0.3, 0.4) is 0 Å². The Balaban J connectivity index is 0.00000272. The number of nitrogens with zero attached hydrogens (tertiary/aromatic N) is 2. The minimum absolute atomic E-state index is 0. The van der Waals surface area contributed by atoms with Crippen LogP contribution in [0.25, 0.3) is 10.9 Å². The summed E-state index contributed by atoms with van der Waals surface area (Å²) in [4.78, 5) is 46.3. The van der Waals surface area contributed by atoms with Gasteiger partial charge < -0.3 is 31.3 Å². The maximum Gasteiger partial charge on any atom is 0.407 e. The molecule has 11 nitrogen and oxygen atoms in total. The predicted molar refractivity (Wildman–Crippen MR) is 133 cm³/mol. The number of carbonyl (C=O) groups excluding carboxylic acids is 2. The maximum atomic E-state index is 12.6. The third-order valence-electron chi connectivity index (χ3n) is 4.77. The number of nitrogens with two attached hydrogens (primary N) is 1. The Morgan fingerprint density at radius 1 is 1.24 bits per heavy atom. The Hall–Kier alpha value is -2.60. The molecule has 0 saturated carbocycles. The molecule has 0 spiro atoms. The summed E-state index contributed by atoms with van der Waals surface area (Å²) in [5.74, 6) is 0.195. The number of amides is 2. The van der Waals surface area contributed by atoms with Crippen molar-refractivity contribution in [1.29, 1.82) is 0 Å². The standard InChI is InChI=1S/C20H29N7O4.2ClH/c1-12(2)11-31-20(30)25-16(10-21)18(29)23-13-3-4-15-14(9-13)17(28)26-19(24-15)27-7-5-22-6-8-27;;/h3-4,9,12,16,22H,5-8,10-11,21H2,1-2H3,(H,23,29)(H,25,30)(H,24,26,28);2*1H/t16-;;/m0../s1. The van der Waals surface area contributed by atoms with E-state index in [-0.39, 0.29) is 49.4 Å². The van der Waals surface area contributed by atoms with Gasteiger partial charge in [0.25, 0.3) is 5.56 Å². The fourth-order valence-electron chi connectivity index (χ4n) is 3.12. The first-order valence-electron chi connectivity index (χ1n) is 10.3. The molecule has 1 fully saturated rings. The topological polar surface area (TPSA) is 154 Å². The zero-order valence-corrected chi connectivity index (χ0v) is 20.2. The number of benzene rings is 1. The maximum absolute atomic E-state index is 12.6. The highest BCUT2D eigenvalue weighted by atomic mass is 35.5. The Kier molecular flexibility index (Phi) is 11.4. The Labute approximate surface area is 204 Å². The van der Waals surface area contributed by atoms with Crippen LogP contribution in [0.5, 0.6) is 0 Å². The molecule has 0 unspecified atom stereocenters. The molecule has 1 saturated heterocycles. The lowest BCUT2D eigenvalue weighted by Gasteiger charge is -2.27. The molecule has 6 N–H and O–H groups in total. The van der Waals surface area contributed by atoms with Gasteiger partial charge in [0.05, 0.1) is 17.5 Å². The SMILES string of the molecule is CC(C)COC(=O)N[C@@H](CN)C(=O)Nc1ccc2nc(N3CCNCC3)[nH]c(=O)c2c1.Cl.Cl. The first-order chi connectivity index (χ1) is 14.9. The average molecular weight is 504 g/mol. The van der Waals surface area contributed by atoms with Gasteiger partial charge in [0.2, 0.25) is 11.9 Å². The van der Waals surface area contributed by atoms with Crippen molar-refractivity contribution in [2.24, 2.45) is 11.7 Å². The second-order valence-corrected chi connectivity index (χ2v) is 7.77. The van der Waals surface area contributed by atoms with Gasteiger partial charge in [0, 0.05) is 38.4 Å². The van der Waals surface area contributed by atoms with Crippen molar-refractivity contribution in [3.05, 3.63) is 28.6 Å². The molecule has 1 aliphatic rings. The number of aromatic amines is 1. The van der Waals surface area contributed by atoms with Crippen LogP contribution in [0.2, 0.25) is 0 Å². The average Bonchev–Trinajstić information content (AvgIpc) is 2.76. The third kappa shape index (κ3) is 7.74. The van der Waals surface area contributed by atoms with Gasteiger partial charge in [-0.25, -0.2) is 9.78 Å². The van der Waals surface area contributed by atoms with E-state index in [0.717, 1.165) is 26.2 Å². The van der Waals surface area contributed by atoms with Crippen LogP contribution in [0, 0.1) is 5.92 Å². The summed E-state index contributed by atoms with van der Waals surface area (Å²) >= 11 is 0. The predicted octanol–water partition coefficient (Wildman–Crippen LogP) is 0.824. The quantitative estimate of drug-likeness (QED) is 0.372. The van der Waals surface area contributed by atoms with Crippen molar-refractivity contribution >= 4 is 59.4 Å². The van der Waals surface area contributed by atoms with E-state index in [1.807, 2.05) is 18.7 Å². The number of ether oxygens (including phenoxy) is 1. The molecule has 1 aliphatic heterocycles. The fraction of sp³-hybridized carbons (Fsp3) is 0.500. The van der Waals surface area contributed by atoms with Gasteiger partial charge in [-0.15, -0.1) is 24.8 Å². The fourth-order valence-corrected chi connectivity index (χ4v) is 3.12. The summed E-state index contributed by atoms with van der Waals surface area (Å²) in [5.41, 5.74) is 6.26. The Morgan fingerprint density at radius 3 is 2.58 bits per heavy atom. The minimum atomic E-state index is -0.971. The molecule has 1 aromatic heterocycles. The number of nitrogens with one attached hydrogen (secondary N) is 4. The lowest BCUT2D eigenvalue weighted by Crippen LogP contribution is -2.48. The normalized spacial score (nSPS) is 14.1. The highest BCUT2D eigenvalue weighted by Crippen LogP contribution is 2.17. The number of carbonyl (C=O) groups is 2. The Morgan fingerprint density at radius 2 is 1.94 bits per heavy atom. The van der Waals surface area contributed by atoms with Crippen molar-refractivity contribution in [2.45, 2.75) is 19.9 Å². The minimum Gasteiger partial charge on any atom is -0.449 e. The summed E-state index contributed by atoms with van der Waals surface area (Å²) in [6.45, 7) is 7.12. The largest absolute Gasteiger partial charge is 0.449 e. The van der Waals surface area contributed by atoms with Crippen LogP contribution in [0.4, 0.5) is 16.4 Å². The van der Waals surface area contributed by atoms with Crippen LogP contribution >= 0.6 is 24.8 Å². The van der Waals surface area contributed by atoms with Gasteiger partial charge in [-0.2, -0.15) is 0 Å². The molecule has 33 heavy (non-hydrogen) atoms. The van der Waals surface area contributed by atoms with Crippen molar-refractivity contribution in [1.82, 2.24) is 20.6 Å². The molecule has 1 aromatic carbocycles. The van der Waals surface area contributed by atoms with Crippen molar-refractivity contribution in [3.63, 3.8) is 0 Å². The van der Waals surface area contributed by atoms with Crippen LogP contribution < -0.4 is 32.1 Å². The number of alkyl carbamates (subject to hydrolysis) is 1. The molecule has 2 aromatic rings. The van der Waals surface area contributed by atoms with E-state index in [1.165, 1.54) is 0 Å². The van der Waals surface area contributed by atoms with Crippen molar-refractivity contribution < 1.29 is 14.3 Å². The number of piperazine rings is 1. The monoisotopic (exact) mass is 503 g/mol. The van der Waals surface area contributed by atoms with Gasteiger partial charge in [0.15, 0.2) is 0 Å². The zero-order chi connectivity index (χ0) is 22.4. The number of hydrogen-bond donors (Lipinski definition) is 5. The number of halogens is 2. The molecule has 1 atom stereocenters. The Bertz CT molecular complexity index is 996. The highest BCUT2D eigenvalue weighted by Gasteiger charge is 2.21. The van der Waals surface area contributed by atoms with Crippen molar-refractivity contribution in [2.75, 3.05) is 49.5 Å². The van der Waals surface area contributed by atoms with E-state index in [1.54, 1.807) is 18.2 Å². The van der Waals surface area contributed by atoms with Gasteiger partial charge >= 0.3 is 6.09 Å². The van der Waals surface area contributed by atoms with Gasteiger partial charge in [0.1, 0.15) is 6.04 Å². The van der Waals surface area contributed by atoms with Gasteiger partial charge in [-0.3, -0.25) is 14.6 Å². The van der Waals surface area contributed by atoms with Crippen LogP contribution in [-0.2, 0) is 9.53 Å². The molecule has 184 valence electrons. The molecule has 2 heterocycles. The van der Waals surface area contributed by atoms with E-state index >= 15 is 0 Å². The van der Waals surface area contributed by atoms with Gasteiger partial charge in [-0.1, -0.05) is 13.8 Å². The zero-order valence-electron chi connectivity index (χ0n) is 18.6. The van der Waals surface area contributed by atoms with Gasteiger partial charge in [-0.05, 0) is 24.1 Å². The van der Waals surface area contributed by atoms with Crippen LogP contribution in [-0.4, -0.2) is 67.3 Å². The molecule has 0 radical (unpaired) electrons. The summed E-state index contributed by atoms with van der Waals surface area (Å²) in [7, 11) is 0. The number of anilines is 2. The first-order valence-corrected chi connectivity index (χ1v) is 10.3. The highest BCUT2D eigenvalue weighted by molar-refractivity contribution is 5.98. The summed E-state index contributed by atoms with van der Waals surface area (Å²) in [5, 5.41) is 8.72. The number of H-pyrrole nitrogens is 1. The summed E-state index contributed by atoms with van der Waals surface area (Å²) in [6.07, 6.45) is -0.709. The van der Waals surface area contributed by atoms with E-state index in [4.69, 9.17) is 10.5 Å². The summed E-state index contributed by atoms with van der Waals surface area (Å²) in [6, 6.07) is 3.90. The number of hydrogen-bond acceptors (Lipinski definition) is 8. The van der Waals surface area contributed by atoms with E-state index in [0.29, 0.717) is 22.5 Å². The summed E-state index contributed by atoms with van der Waals surface area (Å²) < 4.78 is 5.02. The molecule has 3 rings (SSSR count). The molecule has 0 bridgehead atoms. The third-order valence-corrected chi connectivity index (χ3v) is 4.77. The first kappa shape index (κ1) is 28.4. The molecular formula is C20H31Cl2N7O4. The van der Waals surface area contributed by atoms with E-state index in [2.05, 4.69) is 25.9 Å². The number of aromatic nitrogens is 2. The van der Waals surface area contributed by atoms with Crippen molar-refractivity contribution in [3.8, 4) is 0 Å². The molecule has 13 heteroatoms.